The molecule has 0 bridgehead atoms. The Morgan fingerprint density at radius 2 is 1.88 bits per heavy atom. The van der Waals surface area contributed by atoms with Gasteiger partial charge < -0.3 is 10.1 Å². The first kappa shape index (κ1) is 22.0. The Morgan fingerprint density at radius 1 is 1.12 bits per heavy atom. The predicted molar refractivity (Wildman–Crippen MR) is 113 cm³/mol. The monoisotopic (exact) mass is 460 g/mol. The van der Waals surface area contributed by atoms with Crippen molar-refractivity contribution in [2.75, 3.05) is 31.6 Å². The molecule has 2 aromatic carbocycles. The minimum atomic E-state index is -3.77. The van der Waals surface area contributed by atoms with Crippen molar-refractivity contribution in [1.29, 1.82) is 0 Å². The topological polar surface area (TPSA) is 119 Å². The molecular formula is C20H21FN6O4S. The molecular weight excluding hydrogens is 439 g/mol. The molecule has 0 saturated carbocycles. The van der Waals surface area contributed by atoms with Crippen molar-refractivity contribution in [1.82, 2.24) is 24.5 Å². The van der Waals surface area contributed by atoms with Gasteiger partial charge in [0.2, 0.25) is 10.0 Å². The van der Waals surface area contributed by atoms with Crippen LogP contribution >= 0.6 is 0 Å². The van der Waals surface area contributed by atoms with Gasteiger partial charge in [0.1, 0.15) is 11.5 Å². The van der Waals surface area contributed by atoms with Crippen LogP contribution < -0.4 is 5.32 Å². The number of aryl methyl sites for hydroxylation is 2. The van der Waals surface area contributed by atoms with E-state index in [0.29, 0.717) is 30.3 Å². The van der Waals surface area contributed by atoms with Gasteiger partial charge in [-0.15, -0.1) is 5.10 Å². The first-order valence-electron chi connectivity index (χ1n) is 9.82. The number of rotatable bonds is 5. The molecule has 0 radical (unpaired) electrons. The second-order valence-corrected chi connectivity index (χ2v) is 9.16. The van der Waals surface area contributed by atoms with Gasteiger partial charge >= 0.3 is 0 Å². The summed E-state index contributed by atoms with van der Waals surface area (Å²) in [5.74, 6) is -0.717. The minimum Gasteiger partial charge on any atom is -0.379 e. The molecule has 1 aliphatic heterocycles. The van der Waals surface area contributed by atoms with Crippen LogP contribution in [0.2, 0.25) is 0 Å². The molecule has 0 unspecified atom stereocenters. The average Bonchev–Trinajstić information content (AvgIpc) is 3.21. The summed E-state index contributed by atoms with van der Waals surface area (Å²) in [5.41, 5.74) is 1.07. The van der Waals surface area contributed by atoms with Crippen molar-refractivity contribution in [2.45, 2.75) is 18.7 Å². The fourth-order valence-electron chi connectivity index (χ4n) is 3.36. The summed E-state index contributed by atoms with van der Waals surface area (Å²) in [6.45, 7) is 4.46. The standard InChI is InChI=1S/C20H21FN6O4S/c1-13-3-4-15(11-19(13)32(29,30)26-7-9-31-10-8-26)20(28)22-16-5-6-17(21)18(12-16)27-14(2)23-24-25-27/h3-6,11-12H,7-10H2,1-2H3,(H,22,28). The molecule has 168 valence electrons. The Bertz CT molecular complexity index is 1270. The van der Waals surface area contributed by atoms with Gasteiger partial charge in [0.15, 0.2) is 5.82 Å². The number of amides is 1. The number of carbonyl (C=O) groups excluding carboxylic acids is 1. The molecule has 10 nitrogen and oxygen atoms in total. The van der Waals surface area contributed by atoms with E-state index < -0.39 is 21.7 Å². The lowest BCUT2D eigenvalue weighted by molar-refractivity contribution is 0.0730. The number of morpholine rings is 1. The van der Waals surface area contributed by atoms with E-state index in [0.717, 1.165) is 0 Å². The zero-order chi connectivity index (χ0) is 22.9. The molecule has 32 heavy (non-hydrogen) atoms. The molecule has 1 aliphatic rings. The zero-order valence-electron chi connectivity index (χ0n) is 17.4. The average molecular weight is 460 g/mol. The Labute approximate surface area is 184 Å². The maximum atomic E-state index is 14.3. The van der Waals surface area contributed by atoms with E-state index in [1.807, 2.05) is 0 Å². The van der Waals surface area contributed by atoms with Gasteiger partial charge in [-0.1, -0.05) is 6.07 Å². The maximum Gasteiger partial charge on any atom is 0.255 e. The lowest BCUT2D eigenvalue weighted by Gasteiger charge is -2.26. The largest absolute Gasteiger partial charge is 0.379 e. The molecule has 1 fully saturated rings. The van der Waals surface area contributed by atoms with Crippen LogP contribution in [0, 0.1) is 19.7 Å². The minimum absolute atomic E-state index is 0.0659. The van der Waals surface area contributed by atoms with Gasteiger partial charge in [-0.2, -0.15) is 8.99 Å². The van der Waals surface area contributed by atoms with Gasteiger partial charge in [0.25, 0.3) is 5.91 Å². The molecule has 0 aliphatic carbocycles. The number of aromatic nitrogens is 4. The van der Waals surface area contributed by atoms with E-state index >= 15 is 0 Å². The summed E-state index contributed by atoms with van der Waals surface area (Å²) < 4.78 is 48.2. The molecule has 2 heterocycles. The summed E-state index contributed by atoms with van der Waals surface area (Å²) >= 11 is 0. The first-order chi connectivity index (χ1) is 15.3. The smallest absolute Gasteiger partial charge is 0.255 e. The maximum absolute atomic E-state index is 14.3. The molecule has 1 amide bonds. The molecule has 1 saturated heterocycles. The zero-order valence-corrected chi connectivity index (χ0v) is 18.3. The summed E-state index contributed by atoms with van der Waals surface area (Å²) in [6, 6.07) is 8.47. The third kappa shape index (κ3) is 4.24. The van der Waals surface area contributed by atoms with Crippen molar-refractivity contribution in [3.05, 3.63) is 59.2 Å². The third-order valence-electron chi connectivity index (χ3n) is 5.10. The normalized spacial score (nSPS) is 15.0. The number of benzene rings is 2. The second-order valence-electron chi connectivity index (χ2n) is 7.25. The fraction of sp³-hybridized carbons (Fsp3) is 0.300. The summed E-state index contributed by atoms with van der Waals surface area (Å²) in [6.07, 6.45) is 0. The lowest BCUT2D eigenvalue weighted by Crippen LogP contribution is -2.40. The molecule has 1 aromatic heterocycles. The third-order valence-corrected chi connectivity index (χ3v) is 7.14. The van der Waals surface area contributed by atoms with E-state index in [-0.39, 0.29) is 29.2 Å². The molecule has 0 atom stereocenters. The number of halogens is 1. The van der Waals surface area contributed by atoms with Gasteiger partial charge in [-0.05, 0) is 60.2 Å². The van der Waals surface area contributed by atoms with Crippen LogP contribution in [-0.4, -0.2) is 65.1 Å². The fourth-order valence-corrected chi connectivity index (χ4v) is 5.01. The number of tetrazole rings is 1. The molecule has 3 aromatic rings. The summed E-state index contributed by atoms with van der Waals surface area (Å²) in [5, 5.41) is 13.6. The van der Waals surface area contributed by atoms with Crippen LogP contribution in [0.5, 0.6) is 0 Å². The SMILES string of the molecule is Cc1ccc(C(=O)Nc2ccc(F)c(-n3nnnc3C)c2)cc1S(=O)(=O)N1CCOCC1. The number of ether oxygens (including phenoxy) is 1. The second kappa shape index (κ2) is 8.73. The summed E-state index contributed by atoms with van der Waals surface area (Å²) in [7, 11) is -3.77. The molecule has 12 heteroatoms. The van der Waals surface area contributed by atoms with Crippen LogP contribution in [0.3, 0.4) is 0 Å². The van der Waals surface area contributed by atoms with Crippen LogP contribution in [0.25, 0.3) is 5.69 Å². The van der Waals surface area contributed by atoms with E-state index in [2.05, 4.69) is 20.8 Å². The quantitative estimate of drug-likeness (QED) is 0.615. The molecule has 1 N–H and O–H groups in total. The van der Waals surface area contributed by atoms with Gasteiger partial charge in [0, 0.05) is 24.3 Å². The number of nitrogens with one attached hydrogen (secondary N) is 1. The van der Waals surface area contributed by atoms with Gasteiger partial charge in [0.05, 0.1) is 18.1 Å². The Balaban J connectivity index is 1.61. The number of sulfonamides is 1. The Hall–Kier alpha value is -3.22. The summed E-state index contributed by atoms with van der Waals surface area (Å²) in [4.78, 5) is 12.9. The van der Waals surface area contributed by atoms with E-state index in [1.165, 1.54) is 33.3 Å². The highest BCUT2D eigenvalue weighted by Gasteiger charge is 2.28. The van der Waals surface area contributed by atoms with E-state index in [4.69, 9.17) is 4.74 Å². The number of hydrogen-bond acceptors (Lipinski definition) is 7. The van der Waals surface area contributed by atoms with Crippen molar-refractivity contribution in [3.63, 3.8) is 0 Å². The number of carbonyl (C=O) groups is 1. The van der Waals surface area contributed by atoms with Crippen molar-refractivity contribution in [2.24, 2.45) is 0 Å². The number of nitrogens with zero attached hydrogens (tertiary/aromatic N) is 5. The highest BCUT2D eigenvalue weighted by Crippen LogP contribution is 2.24. The van der Waals surface area contributed by atoms with Crippen LogP contribution in [-0.2, 0) is 14.8 Å². The molecule has 0 spiro atoms. The Morgan fingerprint density at radius 3 is 2.56 bits per heavy atom. The highest BCUT2D eigenvalue weighted by atomic mass is 32.2. The van der Waals surface area contributed by atoms with E-state index in [1.54, 1.807) is 26.0 Å². The lowest BCUT2D eigenvalue weighted by atomic mass is 10.1. The van der Waals surface area contributed by atoms with Gasteiger partial charge in [-0.25, -0.2) is 12.8 Å². The predicted octanol–water partition coefficient (Wildman–Crippen LogP) is 1.69. The number of hydrogen-bond donors (Lipinski definition) is 1. The van der Waals surface area contributed by atoms with Crippen molar-refractivity contribution in [3.8, 4) is 5.69 Å². The van der Waals surface area contributed by atoms with Crippen LogP contribution in [0.4, 0.5) is 10.1 Å². The highest BCUT2D eigenvalue weighted by molar-refractivity contribution is 7.89. The van der Waals surface area contributed by atoms with Crippen molar-refractivity contribution < 1.29 is 22.3 Å². The Kier molecular flexibility index (Phi) is 6.00. The molecule has 4 rings (SSSR count). The van der Waals surface area contributed by atoms with E-state index in [9.17, 15) is 17.6 Å². The van der Waals surface area contributed by atoms with Crippen LogP contribution in [0.1, 0.15) is 21.7 Å². The first-order valence-corrected chi connectivity index (χ1v) is 11.3. The van der Waals surface area contributed by atoms with Gasteiger partial charge in [-0.3, -0.25) is 4.79 Å². The van der Waals surface area contributed by atoms with Crippen molar-refractivity contribution >= 4 is 21.6 Å². The number of anilines is 1. The van der Waals surface area contributed by atoms with Crippen LogP contribution in [0.15, 0.2) is 41.3 Å².